The highest BCUT2D eigenvalue weighted by atomic mass is 35.5. The molecule has 0 spiro atoms. The molecule has 4 heteroatoms. The largest absolute Gasteiger partial charge is 0.488 e. The Bertz CT molecular complexity index is 590. The van der Waals surface area contributed by atoms with E-state index in [2.05, 4.69) is 0 Å². The van der Waals surface area contributed by atoms with Gasteiger partial charge >= 0.3 is 0 Å². The zero-order valence-corrected chi connectivity index (χ0v) is 10.1. The quantitative estimate of drug-likeness (QED) is 0.839. The number of ether oxygens (including phenoxy) is 1. The molecule has 0 saturated carbocycles. The fraction of sp³-hybridized carbons (Fsp3) is 0.0714. The van der Waals surface area contributed by atoms with E-state index in [1.807, 2.05) is 18.2 Å². The van der Waals surface area contributed by atoms with E-state index in [1.165, 1.54) is 12.1 Å². The molecule has 0 fully saturated rings. The van der Waals surface area contributed by atoms with Crippen molar-refractivity contribution in [2.75, 3.05) is 0 Å². The molecule has 0 amide bonds. The molecular formula is C14H9ClFNO. The summed E-state index contributed by atoms with van der Waals surface area (Å²) in [5.74, 6) is -0.0840. The number of hydrogen-bond donors (Lipinski definition) is 0. The molecule has 2 aromatic carbocycles. The first-order valence-electron chi connectivity index (χ1n) is 5.26. The third-order valence-electron chi connectivity index (χ3n) is 2.37. The minimum Gasteiger partial charge on any atom is -0.488 e. The number of rotatable bonds is 3. The maximum atomic E-state index is 12.9. The highest BCUT2D eigenvalue weighted by Gasteiger charge is 2.05. The zero-order chi connectivity index (χ0) is 13.0. The van der Waals surface area contributed by atoms with Crippen LogP contribution in [0.3, 0.4) is 0 Å². The molecule has 2 aromatic rings. The van der Waals surface area contributed by atoms with Gasteiger partial charge in [0.15, 0.2) is 0 Å². The van der Waals surface area contributed by atoms with Crippen LogP contribution in [0.4, 0.5) is 4.39 Å². The van der Waals surface area contributed by atoms with Gasteiger partial charge in [-0.05, 0) is 35.9 Å². The van der Waals surface area contributed by atoms with Gasteiger partial charge in [-0.25, -0.2) is 4.39 Å². The molecule has 0 aromatic heterocycles. The summed E-state index contributed by atoms with van der Waals surface area (Å²) in [4.78, 5) is 0. The Kier molecular flexibility index (Phi) is 3.81. The normalized spacial score (nSPS) is 9.83. The van der Waals surface area contributed by atoms with Crippen LogP contribution in [-0.2, 0) is 6.61 Å². The van der Waals surface area contributed by atoms with Crippen LogP contribution in [0.5, 0.6) is 5.75 Å². The predicted octanol–water partition coefficient (Wildman–Crippen LogP) is 3.93. The molecular weight excluding hydrogens is 253 g/mol. The van der Waals surface area contributed by atoms with Crippen LogP contribution in [0.1, 0.15) is 11.1 Å². The van der Waals surface area contributed by atoms with E-state index in [0.717, 1.165) is 11.6 Å². The number of hydrogen-bond acceptors (Lipinski definition) is 2. The molecule has 0 bridgehead atoms. The van der Waals surface area contributed by atoms with Crippen LogP contribution in [0.2, 0.25) is 5.02 Å². The van der Waals surface area contributed by atoms with Crippen LogP contribution in [0.15, 0.2) is 42.5 Å². The van der Waals surface area contributed by atoms with E-state index in [0.29, 0.717) is 17.4 Å². The lowest BCUT2D eigenvalue weighted by Crippen LogP contribution is -1.97. The molecule has 0 aliphatic rings. The van der Waals surface area contributed by atoms with E-state index in [1.54, 1.807) is 12.1 Å². The highest BCUT2D eigenvalue weighted by Crippen LogP contribution is 2.20. The molecule has 90 valence electrons. The van der Waals surface area contributed by atoms with Crippen molar-refractivity contribution in [1.82, 2.24) is 0 Å². The minimum atomic E-state index is -0.453. The van der Waals surface area contributed by atoms with Gasteiger partial charge in [-0.1, -0.05) is 23.7 Å². The zero-order valence-electron chi connectivity index (χ0n) is 9.36. The van der Waals surface area contributed by atoms with Crippen LogP contribution in [0, 0.1) is 17.1 Å². The van der Waals surface area contributed by atoms with Crippen LogP contribution in [-0.4, -0.2) is 0 Å². The Labute approximate surface area is 109 Å². The predicted molar refractivity (Wildman–Crippen MR) is 66.9 cm³/mol. The average Bonchev–Trinajstić information content (AvgIpc) is 2.39. The van der Waals surface area contributed by atoms with E-state index in [-0.39, 0.29) is 5.56 Å². The first-order valence-corrected chi connectivity index (χ1v) is 5.64. The smallest absolute Gasteiger partial charge is 0.137 e. The third kappa shape index (κ3) is 2.99. The number of nitriles is 1. The maximum absolute atomic E-state index is 12.9. The van der Waals surface area contributed by atoms with Crippen LogP contribution < -0.4 is 4.74 Å². The SMILES string of the molecule is N#Cc1cc(F)ccc1OCc1ccc(Cl)cc1. The van der Waals surface area contributed by atoms with E-state index < -0.39 is 5.82 Å². The lowest BCUT2D eigenvalue weighted by molar-refractivity contribution is 0.305. The van der Waals surface area contributed by atoms with Gasteiger partial charge in [0.2, 0.25) is 0 Å². The molecule has 0 aliphatic heterocycles. The van der Waals surface area contributed by atoms with Crippen molar-refractivity contribution in [3.63, 3.8) is 0 Å². The summed E-state index contributed by atoms with van der Waals surface area (Å²) >= 11 is 5.77. The maximum Gasteiger partial charge on any atom is 0.137 e. The van der Waals surface area contributed by atoms with Crippen LogP contribution >= 0.6 is 11.6 Å². The van der Waals surface area contributed by atoms with Gasteiger partial charge in [0.1, 0.15) is 24.2 Å². The van der Waals surface area contributed by atoms with Gasteiger partial charge in [-0.2, -0.15) is 5.26 Å². The van der Waals surface area contributed by atoms with Crippen molar-refractivity contribution in [3.05, 3.63) is 64.4 Å². The molecule has 2 nitrogen and oxygen atoms in total. The summed E-state index contributed by atoms with van der Waals surface area (Å²) in [5.41, 5.74) is 1.11. The summed E-state index contributed by atoms with van der Waals surface area (Å²) in [6, 6.07) is 12.9. The molecule has 0 N–H and O–H groups in total. The molecule has 0 saturated heterocycles. The van der Waals surface area contributed by atoms with E-state index in [4.69, 9.17) is 21.6 Å². The second kappa shape index (κ2) is 5.52. The molecule has 18 heavy (non-hydrogen) atoms. The molecule has 0 heterocycles. The number of benzene rings is 2. The van der Waals surface area contributed by atoms with E-state index >= 15 is 0 Å². The van der Waals surface area contributed by atoms with Crippen molar-refractivity contribution in [2.24, 2.45) is 0 Å². The molecule has 0 aliphatic carbocycles. The molecule has 0 unspecified atom stereocenters. The molecule has 0 radical (unpaired) electrons. The van der Waals surface area contributed by atoms with Gasteiger partial charge in [0.25, 0.3) is 0 Å². The van der Waals surface area contributed by atoms with Crippen LogP contribution in [0.25, 0.3) is 0 Å². The lowest BCUT2D eigenvalue weighted by Gasteiger charge is -2.07. The second-order valence-electron chi connectivity index (χ2n) is 3.67. The highest BCUT2D eigenvalue weighted by molar-refractivity contribution is 6.30. The van der Waals surface area contributed by atoms with Crippen molar-refractivity contribution in [1.29, 1.82) is 5.26 Å². The fourth-order valence-electron chi connectivity index (χ4n) is 1.46. The topological polar surface area (TPSA) is 33.0 Å². The first-order chi connectivity index (χ1) is 8.69. The van der Waals surface area contributed by atoms with Gasteiger partial charge < -0.3 is 4.74 Å². The van der Waals surface area contributed by atoms with Crippen molar-refractivity contribution in [3.8, 4) is 11.8 Å². The lowest BCUT2D eigenvalue weighted by atomic mass is 10.2. The summed E-state index contributed by atoms with van der Waals surface area (Å²) in [5, 5.41) is 9.51. The second-order valence-corrected chi connectivity index (χ2v) is 4.10. The Balaban J connectivity index is 2.11. The number of nitrogens with zero attached hydrogens (tertiary/aromatic N) is 1. The Morgan fingerprint density at radius 1 is 1.17 bits per heavy atom. The van der Waals surface area contributed by atoms with Crippen molar-refractivity contribution >= 4 is 11.6 Å². The summed E-state index contributed by atoms with van der Waals surface area (Å²) < 4.78 is 18.4. The first kappa shape index (κ1) is 12.4. The monoisotopic (exact) mass is 261 g/mol. The molecule has 0 atom stereocenters. The summed E-state index contributed by atoms with van der Waals surface area (Å²) in [7, 11) is 0. The fourth-order valence-corrected chi connectivity index (χ4v) is 1.58. The standard InChI is InChI=1S/C14H9ClFNO/c15-12-3-1-10(2-4-12)9-18-14-6-5-13(16)7-11(14)8-17/h1-7H,9H2. The van der Waals surface area contributed by atoms with Gasteiger partial charge in [-0.15, -0.1) is 0 Å². The number of halogens is 2. The van der Waals surface area contributed by atoms with Gasteiger partial charge in [0, 0.05) is 5.02 Å². The van der Waals surface area contributed by atoms with Crippen molar-refractivity contribution in [2.45, 2.75) is 6.61 Å². The Hall–Kier alpha value is -2.05. The Morgan fingerprint density at radius 3 is 2.56 bits per heavy atom. The van der Waals surface area contributed by atoms with Gasteiger partial charge in [0.05, 0.1) is 5.56 Å². The summed E-state index contributed by atoms with van der Waals surface area (Å²) in [6.45, 7) is 0.303. The Morgan fingerprint density at radius 2 is 1.89 bits per heavy atom. The summed E-state index contributed by atoms with van der Waals surface area (Å²) in [6.07, 6.45) is 0. The average molecular weight is 262 g/mol. The van der Waals surface area contributed by atoms with Gasteiger partial charge in [-0.3, -0.25) is 0 Å². The van der Waals surface area contributed by atoms with Crippen molar-refractivity contribution < 1.29 is 9.13 Å². The van der Waals surface area contributed by atoms with E-state index in [9.17, 15) is 4.39 Å². The third-order valence-corrected chi connectivity index (χ3v) is 2.62. The molecule has 2 rings (SSSR count). The minimum absolute atomic E-state index is 0.184.